The van der Waals surface area contributed by atoms with Gasteiger partial charge in [0.25, 0.3) is 0 Å². The number of nitrogens with zero attached hydrogens (tertiary/aromatic N) is 1. The topological polar surface area (TPSA) is 84.2 Å². The summed E-state index contributed by atoms with van der Waals surface area (Å²) in [6, 6.07) is 2.07. The normalized spacial score (nSPS) is 42.6. The average molecular weight is 249 g/mol. The molecule has 0 saturated heterocycles. The van der Waals surface area contributed by atoms with E-state index in [1.54, 1.807) is 13.8 Å². The third-order valence-corrected chi connectivity index (χ3v) is 4.64. The van der Waals surface area contributed by atoms with E-state index in [9.17, 15) is 19.6 Å². The van der Waals surface area contributed by atoms with Crippen LogP contribution in [0.15, 0.2) is 0 Å². The van der Waals surface area contributed by atoms with Gasteiger partial charge in [-0.25, -0.2) is 0 Å². The summed E-state index contributed by atoms with van der Waals surface area (Å²) in [7, 11) is 1.25. The van der Waals surface area contributed by atoms with Crippen LogP contribution in [-0.2, 0) is 19.1 Å². The van der Waals surface area contributed by atoms with Crippen LogP contribution in [0, 0.1) is 40.4 Å². The first-order valence-electron chi connectivity index (χ1n) is 5.98. The number of ether oxygens (including phenoxy) is 1. The Labute approximate surface area is 105 Å². The summed E-state index contributed by atoms with van der Waals surface area (Å²) in [5.41, 5.74) is -1.19. The molecule has 0 aromatic rings. The van der Waals surface area contributed by atoms with Gasteiger partial charge in [-0.15, -0.1) is 0 Å². The van der Waals surface area contributed by atoms with Crippen molar-refractivity contribution in [3.8, 4) is 6.07 Å². The van der Waals surface area contributed by atoms with Gasteiger partial charge in [0.2, 0.25) is 0 Å². The molecule has 0 spiro atoms. The van der Waals surface area contributed by atoms with Gasteiger partial charge >= 0.3 is 5.97 Å². The van der Waals surface area contributed by atoms with Crippen molar-refractivity contribution in [3.05, 3.63) is 0 Å². The second-order valence-electron chi connectivity index (χ2n) is 5.16. The molecule has 5 heteroatoms. The van der Waals surface area contributed by atoms with Crippen molar-refractivity contribution in [3.63, 3.8) is 0 Å². The van der Waals surface area contributed by atoms with Gasteiger partial charge in [0.1, 0.15) is 11.6 Å². The first-order valence-corrected chi connectivity index (χ1v) is 5.98. The van der Waals surface area contributed by atoms with Crippen LogP contribution in [0.25, 0.3) is 0 Å². The summed E-state index contributed by atoms with van der Waals surface area (Å²) in [6.07, 6.45) is 0.320. The van der Waals surface area contributed by atoms with Crippen LogP contribution < -0.4 is 0 Å². The number of methoxy groups -OCH3 is 1. The minimum absolute atomic E-state index is 0.209. The summed E-state index contributed by atoms with van der Waals surface area (Å²) < 4.78 is 4.66. The van der Waals surface area contributed by atoms with Gasteiger partial charge in [-0.2, -0.15) is 5.26 Å². The number of nitriles is 1. The molecule has 2 aliphatic rings. The summed E-state index contributed by atoms with van der Waals surface area (Å²) in [4.78, 5) is 35.7. The highest BCUT2D eigenvalue weighted by Crippen LogP contribution is 2.60. The largest absolute Gasteiger partial charge is 0.469 e. The summed E-state index contributed by atoms with van der Waals surface area (Å²) in [5, 5.41) is 9.42. The smallest absolute Gasteiger partial charge is 0.310 e. The number of rotatable bonds is 1. The molecule has 2 saturated carbocycles. The predicted molar refractivity (Wildman–Crippen MR) is 60.0 cm³/mol. The molecule has 96 valence electrons. The first-order chi connectivity index (χ1) is 8.41. The van der Waals surface area contributed by atoms with Crippen molar-refractivity contribution >= 4 is 17.5 Å². The van der Waals surface area contributed by atoms with Crippen molar-refractivity contribution in [2.75, 3.05) is 7.11 Å². The second-order valence-corrected chi connectivity index (χ2v) is 5.16. The van der Waals surface area contributed by atoms with Gasteiger partial charge in [0.15, 0.2) is 0 Å². The zero-order chi connectivity index (χ0) is 13.7. The summed E-state index contributed by atoms with van der Waals surface area (Å²) in [6.45, 7) is 3.21. The number of hydrogen-bond donors (Lipinski definition) is 0. The van der Waals surface area contributed by atoms with Crippen LogP contribution in [-0.4, -0.2) is 24.6 Å². The SMILES string of the molecule is COC(=O)[C@@H]1C[C@@H]2C(=O)C(C)C(=O)C(C)[C@@]21C#N. The maximum Gasteiger partial charge on any atom is 0.310 e. The third-order valence-electron chi connectivity index (χ3n) is 4.64. The van der Waals surface area contributed by atoms with Crippen LogP contribution in [0.2, 0.25) is 0 Å². The van der Waals surface area contributed by atoms with Gasteiger partial charge < -0.3 is 4.74 Å². The van der Waals surface area contributed by atoms with Gasteiger partial charge in [0.05, 0.1) is 30.4 Å². The molecule has 5 atom stereocenters. The van der Waals surface area contributed by atoms with Crippen molar-refractivity contribution in [2.24, 2.45) is 29.1 Å². The van der Waals surface area contributed by atoms with E-state index in [1.807, 2.05) is 0 Å². The fraction of sp³-hybridized carbons (Fsp3) is 0.692. The molecule has 0 heterocycles. The molecule has 18 heavy (non-hydrogen) atoms. The van der Waals surface area contributed by atoms with E-state index in [0.29, 0.717) is 6.42 Å². The van der Waals surface area contributed by atoms with Crippen LogP contribution in [0.4, 0.5) is 0 Å². The highest BCUT2D eigenvalue weighted by atomic mass is 16.5. The number of esters is 1. The van der Waals surface area contributed by atoms with Crippen molar-refractivity contribution in [2.45, 2.75) is 20.3 Å². The Kier molecular flexibility index (Phi) is 2.77. The monoisotopic (exact) mass is 249 g/mol. The Morgan fingerprint density at radius 1 is 1.39 bits per heavy atom. The molecule has 0 N–H and O–H groups in total. The van der Waals surface area contributed by atoms with E-state index in [1.165, 1.54) is 7.11 Å². The van der Waals surface area contributed by atoms with Gasteiger partial charge in [-0.05, 0) is 13.3 Å². The number of carbonyl (C=O) groups excluding carboxylic acids is 3. The maximum absolute atomic E-state index is 12.0. The lowest BCUT2D eigenvalue weighted by Crippen LogP contribution is -2.65. The average Bonchev–Trinajstić information content (AvgIpc) is 2.34. The zero-order valence-corrected chi connectivity index (χ0v) is 10.6. The van der Waals surface area contributed by atoms with Crippen molar-refractivity contribution < 1.29 is 19.1 Å². The highest BCUT2D eigenvalue weighted by Gasteiger charge is 2.69. The van der Waals surface area contributed by atoms with Crippen LogP contribution in [0.3, 0.4) is 0 Å². The molecule has 2 rings (SSSR count). The number of hydrogen-bond acceptors (Lipinski definition) is 5. The molecule has 2 aliphatic carbocycles. The fourth-order valence-electron chi connectivity index (χ4n) is 3.40. The van der Waals surface area contributed by atoms with E-state index >= 15 is 0 Å². The van der Waals surface area contributed by atoms with E-state index in [-0.39, 0.29) is 11.6 Å². The first kappa shape index (κ1) is 12.7. The molecule has 2 unspecified atom stereocenters. The molecule has 2 fully saturated rings. The molecular weight excluding hydrogens is 234 g/mol. The Hall–Kier alpha value is -1.70. The molecule has 0 amide bonds. The Bertz CT molecular complexity index is 450. The Morgan fingerprint density at radius 3 is 2.50 bits per heavy atom. The fourth-order valence-corrected chi connectivity index (χ4v) is 3.40. The second kappa shape index (κ2) is 3.91. The van der Waals surface area contributed by atoms with Crippen LogP contribution in [0.1, 0.15) is 20.3 Å². The van der Waals surface area contributed by atoms with E-state index < -0.39 is 35.1 Å². The quantitative estimate of drug-likeness (QED) is 0.505. The number of ketones is 2. The lowest BCUT2D eigenvalue weighted by molar-refractivity contribution is -0.178. The molecule has 5 nitrogen and oxygen atoms in total. The molecule has 0 aliphatic heterocycles. The Morgan fingerprint density at radius 2 is 2.00 bits per heavy atom. The Balaban J connectivity index is 2.45. The number of fused-ring (bicyclic) bond motifs is 1. The van der Waals surface area contributed by atoms with Crippen molar-refractivity contribution in [1.82, 2.24) is 0 Å². The highest BCUT2D eigenvalue weighted by molar-refractivity contribution is 6.09. The molecule has 0 aromatic heterocycles. The number of carbonyl (C=O) groups is 3. The van der Waals surface area contributed by atoms with Gasteiger partial charge in [0, 0.05) is 11.8 Å². The summed E-state index contributed by atoms with van der Waals surface area (Å²) >= 11 is 0. The molecule has 0 radical (unpaired) electrons. The standard InChI is InChI=1S/C13H15NO4/c1-6-10(15)7(2)13(5-14)8(11(6)16)4-9(13)12(17)18-3/h6-9H,4H2,1-3H3/t6?,7?,8-,9+,13+/m1/s1. The minimum atomic E-state index is -1.19. The van der Waals surface area contributed by atoms with Crippen LogP contribution in [0.5, 0.6) is 0 Å². The minimum Gasteiger partial charge on any atom is -0.469 e. The van der Waals surface area contributed by atoms with Crippen molar-refractivity contribution in [1.29, 1.82) is 5.26 Å². The predicted octanol–water partition coefficient (Wildman–Crippen LogP) is 0.729. The third kappa shape index (κ3) is 1.23. The molecular formula is C13H15NO4. The molecule has 0 bridgehead atoms. The maximum atomic E-state index is 12.0. The van der Waals surface area contributed by atoms with Gasteiger partial charge in [-0.1, -0.05) is 6.92 Å². The van der Waals surface area contributed by atoms with Crippen LogP contribution >= 0.6 is 0 Å². The summed E-state index contributed by atoms with van der Waals surface area (Å²) in [5.74, 6) is -3.38. The lowest BCUT2D eigenvalue weighted by atomic mass is 9.43. The zero-order valence-electron chi connectivity index (χ0n) is 10.6. The molecule has 0 aromatic carbocycles. The van der Waals surface area contributed by atoms with Gasteiger partial charge in [-0.3, -0.25) is 14.4 Å². The number of Topliss-reactive ketones (excluding diaryl/α,β-unsaturated/α-hetero) is 2. The van der Waals surface area contributed by atoms with E-state index in [0.717, 1.165) is 0 Å². The lowest BCUT2D eigenvalue weighted by Gasteiger charge is -2.55. The van der Waals surface area contributed by atoms with E-state index in [4.69, 9.17) is 0 Å². The van der Waals surface area contributed by atoms with E-state index in [2.05, 4.69) is 10.8 Å².